The third-order valence-corrected chi connectivity index (χ3v) is 3.98. The van der Waals surface area contributed by atoms with E-state index in [1.807, 2.05) is 17.9 Å². The smallest absolute Gasteiger partial charge is 0.0537 e. The number of benzene rings is 2. The van der Waals surface area contributed by atoms with E-state index in [4.69, 9.17) is 0 Å². The first-order valence-electron chi connectivity index (χ1n) is 7.47. The van der Waals surface area contributed by atoms with E-state index in [9.17, 15) is 0 Å². The zero-order chi connectivity index (χ0) is 14.7. The highest BCUT2D eigenvalue weighted by Crippen LogP contribution is 2.21. The van der Waals surface area contributed by atoms with E-state index in [-0.39, 0.29) is 0 Å². The molecule has 3 heteroatoms. The van der Waals surface area contributed by atoms with Crippen LogP contribution >= 0.6 is 0 Å². The molecule has 3 aromatic rings. The molecule has 0 amide bonds. The molecule has 2 aromatic carbocycles. The number of nitrogens with one attached hydrogen (secondary N) is 1. The van der Waals surface area contributed by atoms with Crippen molar-refractivity contribution in [1.82, 2.24) is 15.1 Å². The molecule has 0 saturated carbocycles. The Bertz CT molecular complexity index is 730. The van der Waals surface area contributed by atoms with Gasteiger partial charge in [0.05, 0.1) is 6.20 Å². The van der Waals surface area contributed by atoms with Crippen molar-refractivity contribution in [3.05, 3.63) is 66.0 Å². The van der Waals surface area contributed by atoms with Crippen molar-refractivity contribution in [3.8, 4) is 0 Å². The van der Waals surface area contributed by atoms with Gasteiger partial charge in [-0.3, -0.25) is 4.68 Å². The molecule has 0 bridgehead atoms. The minimum atomic E-state index is 0.298. The summed E-state index contributed by atoms with van der Waals surface area (Å²) < 4.78 is 1.97. The molecule has 1 heterocycles. The normalized spacial score (nSPS) is 12.7. The summed E-state index contributed by atoms with van der Waals surface area (Å²) in [7, 11) is 2.01. The maximum atomic E-state index is 4.37. The average molecular weight is 279 g/mol. The Morgan fingerprint density at radius 3 is 2.67 bits per heavy atom. The molecule has 0 aliphatic rings. The number of aryl methyl sites for hydroxylation is 1. The fourth-order valence-electron chi connectivity index (χ4n) is 2.72. The van der Waals surface area contributed by atoms with Gasteiger partial charge in [-0.15, -0.1) is 0 Å². The van der Waals surface area contributed by atoms with Crippen LogP contribution in [0.2, 0.25) is 0 Å². The Balaban J connectivity index is 1.84. The highest BCUT2D eigenvalue weighted by atomic mass is 15.3. The molecule has 3 nitrogen and oxygen atoms in total. The summed E-state index contributed by atoms with van der Waals surface area (Å²) in [5.41, 5.74) is 2.59. The molecular formula is C18H21N3. The molecule has 0 radical (unpaired) electrons. The van der Waals surface area contributed by atoms with Gasteiger partial charge in [0.25, 0.3) is 0 Å². The van der Waals surface area contributed by atoms with Crippen molar-refractivity contribution in [2.75, 3.05) is 7.05 Å². The summed E-state index contributed by atoms with van der Waals surface area (Å²) in [5.74, 6) is 0. The van der Waals surface area contributed by atoms with Gasteiger partial charge in [0, 0.05) is 24.3 Å². The number of hydrogen-bond donors (Lipinski definition) is 1. The SMILES string of the molecule is CCn1cc(C(Cc2ccc3ccccc3c2)NC)cn1. The summed E-state index contributed by atoms with van der Waals surface area (Å²) in [4.78, 5) is 0. The van der Waals surface area contributed by atoms with Gasteiger partial charge < -0.3 is 5.32 Å². The summed E-state index contributed by atoms with van der Waals surface area (Å²) in [5, 5.41) is 10.4. The van der Waals surface area contributed by atoms with Gasteiger partial charge in [-0.1, -0.05) is 42.5 Å². The van der Waals surface area contributed by atoms with Crippen molar-refractivity contribution in [3.63, 3.8) is 0 Å². The molecule has 0 fully saturated rings. The second-order valence-electron chi connectivity index (χ2n) is 5.36. The third kappa shape index (κ3) is 2.98. The van der Waals surface area contributed by atoms with Crippen molar-refractivity contribution in [1.29, 1.82) is 0 Å². The van der Waals surface area contributed by atoms with E-state index in [2.05, 4.69) is 66.0 Å². The molecule has 21 heavy (non-hydrogen) atoms. The summed E-state index contributed by atoms with van der Waals surface area (Å²) in [6.07, 6.45) is 5.06. The predicted octanol–water partition coefficient (Wildman–Crippen LogP) is 3.56. The van der Waals surface area contributed by atoms with Crippen LogP contribution in [0.4, 0.5) is 0 Å². The van der Waals surface area contributed by atoms with Crippen LogP contribution in [0, 0.1) is 0 Å². The molecule has 1 unspecified atom stereocenters. The van der Waals surface area contributed by atoms with Crippen molar-refractivity contribution < 1.29 is 0 Å². The summed E-state index contributed by atoms with van der Waals surface area (Å²) in [6, 6.07) is 15.5. The first kappa shape index (κ1) is 13.8. The van der Waals surface area contributed by atoms with E-state index in [0.717, 1.165) is 13.0 Å². The van der Waals surface area contributed by atoms with Crippen LogP contribution in [0.5, 0.6) is 0 Å². The van der Waals surface area contributed by atoms with Crippen molar-refractivity contribution >= 4 is 10.8 Å². The van der Waals surface area contributed by atoms with Gasteiger partial charge in [0.2, 0.25) is 0 Å². The number of hydrogen-bond acceptors (Lipinski definition) is 2. The van der Waals surface area contributed by atoms with Gasteiger partial charge in [0.15, 0.2) is 0 Å². The number of fused-ring (bicyclic) bond motifs is 1. The summed E-state index contributed by atoms with van der Waals surface area (Å²) in [6.45, 7) is 3.01. The highest BCUT2D eigenvalue weighted by molar-refractivity contribution is 5.83. The fraction of sp³-hybridized carbons (Fsp3) is 0.278. The molecule has 108 valence electrons. The monoisotopic (exact) mass is 279 g/mol. The zero-order valence-corrected chi connectivity index (χ0v) is 12.6. The van der Waals surface area contributed by atoms with Crippen LogP contribution in [-0.2, 0) is 13.0 Å². The standard InChI is InChI=1S/C18H21N3/c1-3-21-13-17(12-20-21)18(19-2)11-14-8-9-15-6-4-5-7-16(15)10-14/h4-10,12-13,18-19H,3,11H2,1-2H3. The van der Waals surface area contributed by atoms with Crippen LogP contribution in [0.15, 0.2) is 54.9 Å². The third-order valence-electron chi connectivity index (χ3n) is 3.98. The van der Waals surface area contributed by atoms with Crippen LogP contribution in [-0.4, -0.2) is 16.8 Å². The van der Waals surface area contributed by atoms with E-state index in [1.165, 1.54) is 21.9 Å². The van der Waals surface area contributed by atoms with E-state index in [0.29, 0.717) is 6.04 Å². The van der Waals surface area contributed by atoms with Crippen LogP contribution in [0.1, 0.15) is 24.1 Å². The molecule has 0 aliphatic carbocycles. The minimum absolute atomic E-state index is 0.298. The Labute approximate surface area is 125 Å². The van der Waals surface area contributed by atoms with Crippen LogP contribution in [0.3, 0.4) is 0 Å². The lowest BCUT2D eigenvalue weighted by Crippen LogP contribution is -2.18. The quantitative estimate of drug-likeness (QED) is 0.774. The molecule has 0 saturated heterocycles. The van der Waals surface area contributed by atoms with E-state index >= 15 is 0 Å². The fourth-order valence-corrected chi connectivity index (χ4v) is 2.72. The van der Waals surface area contributed by atoms with Crippen LogP contribution < -0.4 is 5.32 Å². The highest BCUT2D eigenvalue weighted by Gasteiger charge is 2.12. The number of likely N-dealkylation sites (N-methyl/N-ethyl adjacent to an activating group) is 1. The van der Waals surface area contributed by atoms with Gasteiger partial charge >= 0.3 is 0 Å². The number of aromatic nitrogens is 2. The van der Waals surface area contributed by atoms with Crippen molar-refractivity contribution in [2.45, 2.75) is 25.9 Å². The lowest BCUT2D eigenvalue weighted by molar-refractivity contribution is 0.589. The average Bonchev–Trinajstić information content (AvgIpc) is 3.01. The second kappa shape index (κ2) is 6.10. The molecule has 1 aromatic heterocycles. The first-order valence-corrected chi connectivity index (χ1v) is 7.47. The predicted molar refractivity (Wildman–Crippen MR) is 87.4 cm³/mol. The largest absolute Gasteiger partial charge is 0.313 e. The maximum Gasteiger partial charge on any atom is 0.0537 e. The molecular weight excluding hydrogens is 258 g/mol. The summed E-state index contributed by atoms with van der Waals surface area (Å²) >= 11 is 0. The zero-order valence-electron chi connectivity index (χ0n) is 12.6. The Hall–Kier alpha value is -2.13. The molecule has 1 atom stereocenters. The molecule has 3 rings (SSSR count). The van der Waals surface area contributed by atoms with E-state index in [1.54, 1.807) is 0 Å². The molecule has 0 spiro atoms. The minimum Gasteiger partial charge on any atom is -0.313 e. The second-order valence-corrected chi connectivity index (χ2v) is 5.36. The van der Waals surface area contributed by atoms with Gasteiger partial charge in [0.1, 0.15) is 0 Å². The Morgan fingerprint density at radius 1 is 1.14 bits per heavy atom. The van der Waals surface area contributed by atoms with Gasteiger partial charge in [-0.2, -0.15) is 5.10 Å². The lowest BCUT2D eigenvalue weighted by Gasteiger charge is -2.15. The Kier molecular flexibility index (Phi) is 4.02. The number of nitrogens with zero attached hydrogens (tertiary/aromatic N) is 2. The Morgan fingerprint density at radius 2 is 1.95 bits per heavy atom. The van der Waals surface area contributed by atoms with Crippen molar-refractivity contribution in [2.24, 2.45) is 0 Å². The van der Waals surface area contributed by atoms with E-state index < -0.39 is 0 Å². The van der Waals surface area contributed by atoms with Gasteiger partial charge in [-0.25, -0.2) is 0 Å². The number of rotatable bonds is 5. The first-order chi connectivity index (χ1) is 10.3. The topological polar surface area (TPSA) is 29.9 Å². The van der Waals surface area contributed by atoms with Gasteiger partial charge in [-0.05, 0) is 36.7 Å². The molecule has 0 aliphatic heterocycles. The van der Waals surface area contributed by atoms with Crippen LogP contribution in [0.25, 0.3) is 10.8 Å². The maximum absolute atomic E-state index is 4.37. The lowest BCUT2D eigenvalue weighted by atomic mass is 9.99. The molecule has 1 N–H and O–H groups in total.